The third-order valence-corrected chi connectivity index (χ3v) is 8.97. The largest absolute Gasteiger partial charge is 0.466 e. The minimum atomic E-state index is -5.03. The minimum Gasteiger partial charge on any atom is -0.466 e. The van der Waals surface area contributed by atoms with Gasteiger partial charge < -0.3 is 14.4 Å². The second kappa shape index (κ2) is 14.6. The summed E-state index contributed by atoms with van der Waals surface area (Å²) in [5, 5.41) is 0. The van der Waals surface area contributed by atoms with Gasteiger partial charge in [-0.2, -0.15) is 26.3 Å². The number of anilines is 1. The van der Waals surface area contributed by atoms with Crippen LogP contribution < -0.4 is 4.90 Å². The highest BCUT2D eigenvalue weighted by molar-refractivity contribution is 5.72. The van der Waals surface area contributed by atoms with Crippen molar-refractivity contribution in [1.82, 2.24) is 9.88 Å². The third kappa shape index (κ3) is 8.78. The number of carbonyl (C=O) groups is 2. The summed E-state index contributed by atoms with van der Waals surface area (Å²) in [5.74, 6) is 0.461. The molecule has 1 aliphatic heterocycles. The van der Waals surface area contributed by atoms with Crippen LogP contribution >= 0.6 is 0 Å². The van der Waals surface area contributed by atoms with E-state index in [1.165, 1.54) is 11.8 Å². The fourth-order valence-electron chi connectivity index (χ4n) is 6.38. The number of ether oxygens (including phenoxy) is 2. The average molecular weight is 670 g/mol. The van der Waals surface area contributed by atoms with E-state index in [0.29, 0.717) is 61.1 Å². The van der Waals surface area contributed by atoms with Crippen molar-refractivity contribution in [2.75, 3.05) is 24.6 Å². The van der Waals surface area contributed by atoms with Gasteiger partial charge in [-0.25, -0.2) is 9.78 Å². The fraction of sp³-hybridized carbons (Fsp3) is 0.559. The number of pyridine rings is 1. The van der Waals surface area contributed by atoms with Gasteiger partial charge in [0.15, 0.2) is 0 Å². The number of allylic oxidation sites excluding steroid dienone is 1. The van der Waals surface area contributed by atoms with E-state index in [9.17, 15) is 35.9 Å². The topological polar surface area (TPSA) is 72.0 Å². The highest BCUT2D eigenvalue weighted by Gasteiger charge is 2.43. The van der Waals surface area contributed by atoms with Crippen LogP contribution in [-0.4, -0.2) is 47.7 Å². The van der Waals surface area contributed by atoms with Crippen molar-refractivity contribution in [3.8, 4) is 0 Å². The Morgan fingerprint density at radius 3 is 2.15 bits per heavy atom. The molecule has 7 nitrogen and oxygen atoms in total. The van der Waals surface area contributed by atoms with Crippen LogP contribution in [0.5, 0.6) is 0 Å². The molecule has 2 heterocycles. The van der Waals surface area contributed by atoms with Gasteiger partial charge in [-0.3, -0.25) is 9.69 Å². The van der Waals surface area contributed by atoms with E-state index >= 15 is 0 Å². The van der Waals surface area contributed by atoms with Crippen molar-refractivity contribution >= 4 is 23.3 Å². The smallest absolute Gasteiger partial charge is 0.416 e. The molecule has 1 saturated heterocycles. The Balaban J connectivity index is 1.57. The number of nitrogens with zero attached hydrogens (tertiary/aromatic N) is 3. The van der Waals surface area contributed by atoms with Crippen LogP contribution in [0.25, 0.3) is 5.57 Å². The van der Waals surface area contributed by atoms with Crippen molar-refractivity contribution in [2.45, 2.75) is 90.8 Å². The first-order valence-corrected chi connectivity index (χ1v) is 15.8. The molecule has 4 rings (SSSR count). The average Bonchev–Trinajstić information content (AvgIpc) is 3.28. The van der Waals surface area contributed by atoms with Crippen LogP contribution in [0.1, 0.15) is 94.0 Å². The lowest BCUT2D eigenvalue weighted by molar-refractivity contribution is -0.145. The van der Waals surface area contributed by atoms with Gasteiger partial charge in [0.1, 0.15) is 6.10 Å². The second-order valence-corrected chi connectivity index (χ2v) is 12.4. The molecule has 0 bridgehead atoms. The molecule has 1 saturated carbocycles. The zero-order chi connectivity index (χ0) is 34.7. The number of alkyl halides is 6. The summed E-state index contributed by atoms with van der Waals surface area (Å²) in [5.41, 5.74) is -0.816. The Morgan fingerprint density at radius 2 is 1.62 bits per heavy atom. The summed E-state index contributed by atoms with van der Waals surface area (Å²) >= 11 is 0. The standard InChI is InChI=1S/C34H41F6N3O4/c1-6-42(18-23-10-8-22(9-11-23)14-30(44)46-7-2)29-13-12-27(20(3)4)41-28(29)19-43-21(5)31(47-32(43)45)24-15-25(33(35,36)37)17-26(16-24)34(38,39)40/h12-13,15-17,21-23,31H,3,6-11,14,18-19H2,1-2,4-5H3/t21-,22?,23?,31-/m0/s1. The van der Waals surface area contributed by atoms with Gasteiger partial charge in [0.05, 0.1) is 47.4 Å². The number of hydrogen-bond acceptors (Lipinski definition) is 6. The highest BCUT2D eigenvalue weighted by Crippen LogP contribution is 2.41. The van der Waals surface area contributed by atoms with Gasteiger partial charge in [-0.1, -0.05) is 6.58 Å². The number of halogens is 6. The number of hydrogen-bond donors (Lipinski definition) is 0. The van der Waals surface area contributed by atoms with E-state index < -0.39 is 47.3 Å². The van der Waals surface area contributed by atoms with Crippen LogP contribution in [0.2, 0.25) is 0 Å². The molecule has 1 aromatic carbocycles. The molecule has 1 amide bonds. The van der Waals surface area contributed by atoms with Crippen LogP contribution in [0.3, 0.4) is 0 Å². The molecular weight excluding hydrogens is 628 g/mol. The van der Waals surface area contributed by atoms with E-state index in [-0.39, 0.29) is 24.5 Å². The maximum absolute atomic E-state index is 13.6. The van der Waals surface area contributed by atoms with Gasteiger partial charge >= 0.3 is 24.4 Å². The van der Waals surface area contributed by atoms with E-state index in [1.807, 2.05) is 19.1 Å². The van der Waals surface area contributed by atoms with Crippen molar-refractivity contribution in [1.29, 1.82) is 0 Å². The van der Waals surface area contributed by atoms with Crippen LogP contribution in [0, 0.1) is 11.8 Å². The Bertz CT molecular complexity index is 1420. The van der Waals surface area contributed by atoms with Crippen molar-refractivity contribution < 1.29 is 45.4 Å². The lowest BCUT2D eigenvalue weighted by Crippen LogP contribution is -2.35. The molecule has 1 aliphatic carbocycles. The lowest BCUT2D eigenvalue weighted by Gasteiger charge is -2.34. The lowest BCUT2D eigenvalue weighted by atomic mass is 9.80. The molecule has 2 aliphatic rings. The van der Waals surface area contributed by atoms with Crippen molar-refractivity contribution in [3.63, 3.8) is 0 Å². The molecule has 0 N–H and O–H groups in total. The van der Waals surface area contributed by atoms with Crippen LogP contribution in [-0.2, 0) is 33.2 Å². The van der Waals surface area contributed by atoms with Gasteiger partial charge in [0, 0.05) is 19.5 Å². The predicted molar refractivity (Wildman–Crippen MR) is 164 cm³/mol. The summed E-state index contributed by atoms with van der Waals surface area (Å²) in [7, 11) is 0. The molecule has 1 aromatic heterocycles. The third-order valence-electron chi connectivity index (χ3n) is 8.97. The first-order chi connectivity index (χ1) is 22.0. The molecule has 0 unspecified atom stereocenters. The minimum absolute atomic E-state index is 0.0498. The SMILES string of the molecule is C=C(C)c1ccc(N(CC)CC2CCC(CC(=O)OCC)CC2)c(CN2C(=O)O[C@H](c3cc(C(F)(F)F)cc(C(F)(F)F)c3)[C@@H]2C)n1. The Kier molecular flexibility index (Phi) is 11.2. The second-order valence-electron chi connectivity index (χ2n) is 12.4. The number of amides is 1. The molecular formula is C34H41F6N3O4. The Labute approximate surface area is 270 Å². The molecule has 258 valence electrons. The molecule has 0 spiro atoms. The van der Waals surface area contributed by atoms with Crippen LogP contribution in [0.4, 0.5) is 36.8 Å². The van der Waals surface area contributed by atoms with Crippen molar-refractivity contribution in [3.05, 3.63) is 65.0 Å². The molecule has 47 heavy (non-hydrogen) atoms. The van der Waals surface area contributed by atoms with E-state index in [2.05, 4.69) is 11.5 Å². The number of esters is 1. The number of aromatic nitrogens is 1. The van der Waals surface area contributed by atoms with Crippen LogP contribution in [0.15, 0.2) is 36.9 Å². The molecule has 2 fully saturated rings. The quantitative estimate of drug-likeness (QED) is 0.176. The summed E-state index contributed by atoms with van der Waals surface area (Å²) < 4.78 is 91.9. The maximum atomic E-state index is 13.6. The zero-order valence-corrected chi connectivity index (χ0v) is 27.0. The molecule has 2 aromatic rings. The Hall–Kier alpha value is -3.77. The number of rotatable bonds is 11. The van der Waals surface area contributed by atoms with Gasteiger partial charge in [0.25, 0.3) is 0 Å². The van der Waals surface area contributed by atoms with E-state index in [1.54, 1.807) is 13.8 Å². The normalized spacial score (nSPS) is 21.8. The summed E-state index contributed by atoms with van der Waals surface area (Å²) in [6.45, 7) is 12.7. The van der Waals surface area contributed by atoms with Gasteiger partial charge in [-0.05, 0) is 107 Å². The summed E-state index contributed by atoms with van der Waals surface area (Å²) in [6, 6.07) is 4.07. The number of cyclic esters (lactones) is 1. The van der Waals surface area contributed by atoms with Gasteiger partial charge in [-0.15, -0.1) is 0 Å². The summed E-state index contributed by atoms with van der Waals surface area (Å²) in [4.78, 5) is 33.3. The van der Waals surface area contributed by atoms with Gasteiger partial charge in [0.2, 0.25) is 0 Å². The van der Waals surface area contributed by atoms with E-state index in [4.69, 9.17) is 14.5 Å². The molecule has 13 heteroatoms. The Morgan fingerprint density at radius 1 is 1.02 bits per heavy atom. The highest BCUT2D eigenvalue weighted by atomic mass is 19.4. The number of benzene rings is 1. The molecule has 2 atom stereocenters. The fourth-order valence-corrected chi connectivity index (χ4v) is 6.38. The first kappa shape index (κ1) is 36.1. The number of carbonyl (C=O) groups excluding carboxylic acids is 2. The first-order valence-electron chi connectivity index (χ1n) is 15.8. The maximum Gasteiger partial charge on any atom is 0.416 e. The van der Waals surface area contributed by atoms with Crippen molar-refractivity contribution in [2.24, 2.45) is 11.8 Å². The summed E-state index contributed by atoms with van der Waals surface area (Å²) in [6.07, 6.45) is -8.22. The predicted octanol–water partition coefficient (Wildman–Crippen LogP) is 8.82. The van der Waals surface area contributed by atoms with E-state index in [0.717, 1.165) is 31.4 Å². The zero-order valence-electron chi connectivity index (χ0n) is 27.0. The monoisotopic (exact) mass is 669 g/mol. The molecule has 0 radical (unpaired) electrons.